The van der Waals surface area contributed by atoms with Crippen LogP contribution in [0.2, 0.25) is 0 Å². The number of benzene rings is 2. The first-order valence-corrected chi connectivity index (χ1v) is 7.29. The van der Waals surface area contributed by atoms with Gasteiger partial charge in [0.1, 0.15) is 6.04 Å². The van der Waals surface area contributed by atoms with Crippen LogP contribution in [-0.4, -0.2) is 11.8 Å². The lowest BCUT2D eigenvalue weighted by Gasteiger charge is -2.18. The molecule has 4 heteroatoms. The maximum atomic E-state index is 12.7. The van der Waals surface area contributed by atoms with E-state index < -0.39 is 6.04 Å². The van der Waals surface area contributed by atoms with Crippen molar-refractivity contribution in [2.75, 3.05) is 4.90 Å². The van der Waals surface area contributed by atoms with E-state index in [0.717, 1.165) is 16.8 Å². The van der Waals surface area contributed by atoms with Gasteiger partial charge in [-0.05, 0) is 18.6 Å². The summed E-state index contributed by atoms with van der Waals surface area (Å²) in [5, 5.41) is 2.74. The number of para-hydroxylation sites is 1. The molecular weight excluding hydrogens is 276 g/mol. The van der Waals surface area contributed by atoms with Gasteiger partial charge in [-0.15, -0.1) is 0 Å². The van der Waals surface area contributed by atoms with Crippen LogP contribution in [0.3, 0.4) is 0 Å². The summed E-state index contributed by atoms with van der Waals surface area (Å²) in [6.07, 6.45) is 0. The summed E-state index contributed by atoms with van der Waals surface area (Å²) in [7, 11) is 0. The summed E-state index contributed by atoms with van der Waals surface area (Å²) < 4.78 is 0. The minimum Gasteiger partial charge on any atom is -0.341 e. The average Bonchev–Trinajstić information content (AvgIpc) is 2.75. The highest BCUT2D eigenvalue weighted by atomic mass is 16.2. The van der Waals surface area contributed by atoms with Gasteiger partial charge in [-0.2, -0.15) is 0 Å². The minimum absolute atomic E-state index is 0.0861. The van der Waals surface area contributed by atoms with E-state index in [2.05, 4.69) is 5.32 Å². The van der Waals surface area contributed by atoms with Crippen LogP contribution in [0.25, 0.3) is 0 Å². The highest BCUT2D eigenvalue weighted by molar-refractivity contribution is 6.06. The van der Waals surface area contributed by atoms with Gasteiger partial charge >= 0.3 is 0 Å². The maximum absolute atomic E-state index is 12.7. The van der Waals surface area contributed by atoms with Gasteiger partial charge in [-0.3, -0.25) is 9.59 Å². The lowest BCUT2D eigenvalue weighted by Crippen LogP contribution is -2.36. The number of carbonyl (C=O) groups excluding carboxylic acids is 2. The number of carbonyl (C=O) groups is 2. The first-order valence-electron chi connectivity index (χ1n) is 7.29. The van der Waals surface area contributed by atoms with Gasteiger partial charge in [-0.25, -0.2) is 0 Å². The first kappa shape index (κ1) is 14.3. The molecule has 0 aromatic heterocycles. The molecule has 1 aliphatic heterocycles. The van der Waals surface area contributed by atoms with E-state index in [1.165, 1.54) is 12.5 Å². The molecule has 1 N–H and O–H groups in total. The molecule has 2 aromatic carbocycles. The average molecular weight is 294 g/mol. The Morgan fingerprint density at radius 3 is 2.50 bits per heavy atom. The third-order valence-electron chi connectivity index (χ3n) is 3.86. The Morgan fingerprint density at radius 1 is 1.14 bits per heavy atom. The standard InChI is InChI=1S/C18H18N2O2/c1-12-7-9-14(10-8-12)11-20-16-6-4-3-5-15(16)17(18(20)22)19-13(2)21/h3-10,17H,11H2,1-2H3,(H,19,21). The van der Waals surface area contributed by atoms with Crippen LogP contribution < -0.4 is 10.2 Å². The van der Waals surface area contributed by atoms with Crippen molar-refractivity contribution in [3.05, 3.63) is 65.2 Å². The fraction of sp³-hybridized carbons (Fsp3) is 0.222. The van der Waals surface area contributed by atoms with Crippen LogP contribution in [0.4, 0.5) is 5.69 Å². The Kier molecular flexibility index (Phi) is 3.67. The fourth-order valence-corrected chi connectivity index (χ4v) is 2.77. The smallest absolute Gasteiger partial charge is 0.254 e. The fourth-order valence-electron chi connectivity index (χ4n) is 2.77. The van der Waals surface area contributed by atoms with Crippen LogP contribution in [0, 0.1) is 6.92 Å². The molecule has 0 saturated carbocycles. The van der Waals surface area contributed by atoms with Gasteiger partial charge < -0.3 is 10.2 Å². The van der Waals surface area contributed by atoms with Gasteiger partial charge in [0, 0.05) is 18.2 Å². The topological polar surface area (TPSA) is 49.4 Å². The number of rotatable bonds is 3. The quantitative estimate of drug-likeness (QED) is 0.946. The number of anilines is 1. The monoisotopic (exact) mass is 294 g/mol. The molecule has 3 rings (SSSR count). The Hall–Kier alpha value is -2.62. The predicted molar refractivity (Wildman–Crippen MR) is 85.4 cm³/mol. The zero-order valence-corrected chi connectivity index (χ0v) is 12.7. The van der Waals surface area contributed by atoms with Gasteiger partial charge in [0.05, 0.1) is 6.54 Å². The molecule has 2 aromatic rings. The SMILES string of the molecule is CC(=O)NC1C(=O)N(Cc2ccc(C)cc2)c2ccccc21. The molecule has 1 aliphatic rings. The molecule has 112 valence electrons. The van der Waals surface area contributed by atoms with E-state index in [1.807, 2.05) is 55.5 Å². The summed E-state index contributed by atoms with van der Waals surface area (Å²) in [6.45, 7) is 3.97. The molecule has 1 unspecified atom stereocenters. The van der Waals surface area contributed by atoms with Gasteiger partial charge in [0.25, 0.3) is 5.91 Å². The Morgan fingerprint density at radius 2 is 1.82 bits per heavy atom. The third-order valence-corrected chi connectivity index (χ3v) is 3.86. The molecular formula is C18H18N2O2. The minimum atomic E-state index is -0.584. The summed E-state index contributed by atoms with van der Waals surface area (Å²) in [4.78, 5) is 25.8. The highest BCUT2D eigenvalue weighted by Crippen LogP contribution is 2.36. The Balaban J connectivity index is 1.93. The largest absolute Gasteiger partial charge is 0.341 e. The van der Waals surface area contributed by atoms with Crippen molar-refractivity contribution in [3.8, 4) is 0 Å². The molecule has 1 heterocycles. The van der Waals surface area contributed by atoms with Crippen molar-refractivity contribution in [1.29, 1.82) is 0 Å². The number of aryl methyl sites for hydroxylation is 1. The van der Waals surface area contributed by atoms with Crippen molar-refractivity contribution < 1.29 is 9.59 Å². The van der Waals surface area contributed by atoms with Crippen LogP contribution in [0.1, 0.15) is 29.7 Å². The predicted octanol–water partition coefficient (Wildman–Crippen LogP) is 2.72. The van der Waals surface area contributed by atoms with Crippen molar-refractivity contribution in [2.45, 2.75) is 26.4 Å². The lowest BCUT2D eigenvalue weighted by molar-refractivity contribution is -0.126. The van der Waals surface area contributed by atoms with Crippen LogP contribution in [0.5, 0.6) is 0 Å². The second-order valence-electron chi connectivity index (χ2n) is 5.60. The zero-order chi connectivity index (χ0) is 15.7. The number of nitrogens with zero attached hydrogens (tertiary/aromatic N) is 1. The molecule has 2 amide bonds. The number of amides is 2. The summed E-state index contributed by atoms with van der Waals surface area (Å²) in [5.74, 6) is -0.290. The van der Waals surface area contributed by atoms with Crippen LogP contribution >= 0.6 is 0 Å². The molecule has 22 heavy (non-hydrogen) atoms. The van der Waals surface area contributed by atoms with E-state index >= 15 is 0 Å². The van der Waals surface area contributed by atoms with Crippen molar-refractivity contribution >= 4 is 17.5 Å². The second kappa shape index (κ2) is 5.64. The molecule has 1 atom stereocenters. The molecule has 0 spiro atoms. The Labute approximate surface area is 129 Å². The van der Waals surface area contributed by atoms with E-state index in [9.17, 15) is 9.59 Å². The van der Waals surface area contributed by atoms with Gasteiger partial charge in [-0.1, -0.05) is 48.0 Å². The van der Waals surface area contributed by atoms with E-state index in [-0.39, 0.29) is 11.8 Å². The van der Waals surface area contributed by atoms with E-state index in [1.54, 1.807) is 4.90 Å². The second-order valence-corrected chi connectivity index (χ2v) is 5.60. The highest BCUT2D eigenvalue weighted by Gasteiger charge is 2.37. The first-order chi connectivity index (χ1) is 10.6. The van der Waals surface area contributed by atoms with Gasteiger partial charge in [0.2, 0.25) is 5.91 Å². The number of hydrogen-bond donors (Lipinski definition) is 1. The molecule has 0 radical (unpaired) electrons. The van der Waals surface area contributed by atoms with E-state index in [4.69, 9.17) is 0 Å². The normalized spacial score (nSPS) is 16.5. The molecule has 0 aliphatic carbocycles. The molecule has 0 bridgehead atoms. The van der Waals surface area contributed by atoms with Crippen LogP contribution in [-0.2, 0) is 16.1 Å². The maximum Gasteiger partial charge on any atom is 0.254 e. The van der Waals surface area contributed by atoms with Crippen LogP contribution in [0.15, 0.2) is 48.5 Å². The zero-order valence-electron chi connectivity index (χ0n) is 12.7. The summed E-state index contributed by atoms with van der Waals surface area (Å²) in [5.41, 5.74) is 3.98. The molecule has 0 fully saturated rings. The van der Waals surface area contributed by atoms with Crippen molar-refractivity contribution in [1.82, 2.24) is 5.32 Å². The van der Waals surface area contributed by atoms with Gasteiger partial charge in [0.15, 0.2) is 0 Å². The summed E-state index contributed by atoms with van der Waals surface area (Å²) >= 11 is 0. The lowest BCUT2D eigenvalue weighted by atomic mass is 10.1. The van der Waals surface area contributed by atoms with Crippen molar-refractivity contribution in [3.63, 3.8) is 0 Å². The number of nitrogens with one attached hydrogen (secondary N) is 1. The molecule has 0 saturated heterocycles. The van der Waals surface area contributed by atoms with Crippen molar-refractivity contribution in [2.24, 2.45) is 0 Å². The van der Waals surface area contributed by atoms with E-state index in [0.29, 0.717) is 6.54 Å². The molecule has 4 nitrogen and oxygen atoms in total. The number of fused-ring (bicyclic) bond motifs is 1. The number of hydrogen-bond acceptors (Lipinski definition) is 2. The third kappa shape index (κ3) is 2.60. The summed E-state index contributed by atoms with van der Waals surface area (Å²) in [6, 6.07) is 15.1. The Bertz CT molecular complexity index is 722.